The van der Waals surface area contributed by atoms with Crippen LogP contribution < -0.4 is 15.1 Å². The van der Waals surface area contributed by atoms with Crippen LogP contribution in [0, 0.1) is 11.2 Å². The summed E-state index contributed by atoms with van der Waals surface area (Å²) in [5.41, 5.74) is 1.88. The molecule has 1 saturated heterocycles. The third-order valence-electron chi connectivity index (χ3n) is 6.44. The maximum absolute atomic E-state index is 13.5. The number of carbonyl (C=O) groups excluding carboxylic acids is 2. The average molecular weight is 410 g/mol. The van der Waals surface area contributed by atoms with Crippen LogP contribution in [-0.2, 0) is 4.79 Å². The van der Waals surface area contributed by atoms with E-state index in [1.54, 1.807) is 6.07 Å². The van der Waals surface area contributed by atoms with E-state index in [1.165, 1.54) is 18.2 Å². The Labute approximate surface area is 176 Å². The standard InChI is InChI=1S/C24H28FN3O2/c1-27(2)20-9-4-10-21(15-20)28-13-12-24(23(28)30)11-5-8-19(16-24)26-22(29)17-6-3-7-18(25)14-17/h3-4,6-7,9-10,14-15,19H,5,8,11-13,16H2,1-2H3,(H,26,29). The van der Waals surface area contributed by atoms with Gasteiger partial charge in [-0.15, -0.1) is 0 Å². The fourth-order valence-corrected chi connectivity index (χ4v) is 4.81. The second-order valence-corrected chi connectivity index (χ2v) is 8.68. The third kappa shape index (κ3) is 3.91. The van der Waals surface area contributed by atoms with Crippen molar-refractivity contribution in [1.82, 2.24) is 5.32 Å². The van der Waals surface area contributed by atoms with Crippen LogP contribution in [0.4, 0.5) is 15.8 Å². The summed E-state index contributed by atoms with van der Waals surface area (Å²) in [5.74, 6) is -0.551. The number of nitrogens with one attached hydrogen (secondary N) is 1. The summed E-state index contributed by atoms with van der Waals surface area (Å²) < 4.78 is 13.4. The molecule has 2 aromatic rings. The maximum Gasteiger partial charge on any atom is 0.251 e. The lowest BCUT2D eigenvalue weighted by Crippen LogP contribution is -2.46. The third-order valence-corrected chi connectivity index (χ3v) is 6.44. The van der Waals surface area contributed by atoms with Crippen LogP contribution in [0.1, 0.15) is 42.5 Å². The van der Waals surface area contributed by atoms with E-state index in [0.29, 0.717) is 18.5 Å². The van der Waals surface area contributed by atoms with E-state index in [2.05, 4.69) is 5.32 Å². The molecular weight excluding hydrogens is 381 g/mol. The summed E-state index contributed by atoms with van der Waals surface area (Å²) in [6, 6.07) is 13.7. The largest absolute Gasteiger partial charge is 0.378 e. The second kappa shape index (κ2) is 8.09. The molecule has 1 N–H and O–H groups in total. The van der Waals surface area contributed by atoms with Crippen molar-refractivity contribution < 1.29 is 14.0 Å². The van der Waals surface area contributed by atoms with Gasteiger partial charge in [0.1, 0.15) is 5.82 Å². The Hall–Kier alpha value is -2.89. The average Bonchev–Trinajstić information content (AvgIpc) is 3.03. The zero-order chi connectivity index (χ0) is 21.3. The van der Waals surface area contributed by atoms with Crippen molar-refractivity contribution >= 4 is 23.2 Å². The van der Waals surface area contributed by atoms with Gasteiger partial charge in [-0.1, -0.05) is 18.6 Å². The molecule has 4 rings (SSSR count). The fourth-order valence-electron chi connectivity index (χ4n) is 4.81. The van der Waals surface area contributed by atoms with Crippen molar-refractivity contribution in [2.45, 2.75) is 38.1 Å². The van der Waals surface area contributed by atoms with Gasteiger partial charge in [-0.3, -0.25) is 9.59 Å². The van der Waals surface area contributed by atoms with Gasteiger partial charge in [-0.25, -0.2) is 4.39 Å². The molecule has 30 heavy (non-hydrogen) atoms. The highest BCUT2D eigenvalue weighted by atomic mass is 19.1. The van der Waals surface area contributed by atoms with E-state index in [-0.39, 0.29) is 17.9 Å². The Bertz CT molecular complexity index is 961. The zero-order valence-electron chi connectivity index (χ0n) is 17.5. The summed E-state index contributed by atoms with van der Waals surface area (Å²) in [6.07, 6.45) is 4.01. The maximum atomic E-state index is 13.5. The number of benzene rings is 2. The molecule has 0 aromatic heterocycles. The molecule has 5 nitrogen and oxygen atoms in total. The van der Waals surface area contributed by atoms with Crippen molar-refractivity contribution in [3.8, 4) is 0 Å². The number of hydrogen-bond donors (Lipinski definition) is 1. The van der Waals surface area contributed by atoms with Gasteiger partial charge in [0.2, 0.25) is 5.91 Å². The van der Waals surface area contributed by atoms with Gasteiger partial charge in [0.15, 0.2) is 0 Å². The first-order valence-electron chi connectivity index (χ1n) is 10.5. The second-order valence-electron chi connectivity index (χ2n) is 8.68. The monoisotopic (exact) mass is 409 g/mol. The van der Waals surface area contributed by atoms with Crippen LogP contribution in [0.2, 0.25) is 0 Å². The van der Waals surface area contributed by atoms with Crippen LogP contribution >= 0.6 is 0 Å². The van der Waals surface area contributed by atoms with Crippen molar-refractivity contribution in [1.29, 1.82) is 0 Å². The first-order chi connectivity index (χ1) is 14.4. The van der Waals surface area contributed by atoms with Crippen LogP contribution in [0.3, 0.4) is 0 Å². The minimum absolute atomic E-state index is 0.0773. The van der Waals surface area contributed by atoms with Crippen LogP contribution in [0.25, 0.3) is 0 Å². The minimum atomic E-state index is -0.427. The highest BCUT2D eigenvalue weighted by Crippen LogP contribution is 2.46. The predicted molar refractivity (Wildman–Crippen MR) is 116 cm³/mol. The molecule has 1 spiro atoms. The molecule has 6 heteroatoms. The Morgan fingerprint density at radius 3 is 2.73 bits per heavy atom. The minimum Gasteiger partial charge on any atom is -0.378 e. The van der Waals surface area contributed by atoms with E-state index >= 15 is 0 Å². The topological polar surface area (TPSA) is 52.6 Å². The summed E-state index contributed by atoms with van der Waals surface area (Å²) in [7, 11) is 3.97. The van der Waals surface area contributed by atoms with Crippen LogP contribution in [0.15, 0.2) is 48.5 Å². The first kappa shape index (κ1) is 20.4. The van der Waals surface area contributed by atoms with E-state index in [0.717, 1.165) is 37.1 Å². The van der Waals surface area contributed by atoms with Gasteiger partial charge in [0.25, 0.3) is 5.91 Å². The highest BCUT2D eigenvalue weighted by Gasteiger charge is 2.49. The number of nitrogens with zero attached hydrogens (tertiary/aromatic N) is 2. The summed E-state index contributed by atoms with van der Waals surface area (Å²) in [6.45, 7) is 0.695. The van der Waals surface area contributed by atoms with Crippen LogP contribution in [0.5, 0.6) is 0 Å². The normalized spacial score (nSPS) is 23.6. The van der Waals surface area contributed by atoms with E-state index in [4.69, 9.17) is 0 Å². The smallest absolute Gasteiger partial charge is 0.251 e. The van der Waals surface area contributed by atoms with Gasteiger partial charge in [-0.05, 0) is 62.1 Å². The molecule has 1 heterocycles. The molecule has 2 atom stereocenters. The summed E-state index contributed by atoms with van der Waals surface area (Å²) in [4.78, 5) is 29.9. The highest BCUT2D eigenvalue weighted by molar-refractivity contribution is 6.00. The zero-order valence-corrected chi connectivity index (χ0v) is 17.5. The molecule has 2 amide bonds. The van der Waals surface area contributed by atoms with E-state index < -0.39 is 11.2 Å². The van der Waals surface area contributed by atoms with Gasteiger partial charge >= 0.3 is 0 Å². The first-order valence-corrected chi connectivity index (χ1v) is 10.5. The Balaban J connectivity index is 1.47. The summed E-state index contributed by atoms with van der Waals surface area (Å²) in [5, 5.41) is 3.03. The van der Waals surface area contributed by atoms with Crippen molar-refractivity contribution in [2.75, 3.05) is 30.4 Å². The predicted octanol–water partition coefficient (Wildman–Crippen LogP) is 3.99. The molecule has 2 unspecified atom stereocenters. The molecule has 0 bridgehead atoms. The Kier molecular flexibility index (Phi) is 5.50. The number of halogens is 1. The Morgan fingerprint density at radius 2 is 1.97 bits per heavy atom. The molecule has 1 aliphatic heterocycles. The van der Waals surface area contributed by atoms with E-state index in [1.807, 2.05) is 48.2 Å². The molecule has 1 aliphatic carbocycles. The molecule has 2 aliphatic rings. The number of carbonyl (C=O) groups is 2. The lowest BCUT2D eigenvalue weighted by molar-refractivity contribution is -0.127. The summed E-state index contributed by atoms with van der Waals surface area (Å²) >= 11 is 0. The molecule has 2 fully saturated rings. The van der Waals surface area contributed by atoms with Gasteiger partial charge in [0.05, 0.1) is 5.41 Å². The molecule has 158 valence electrons. The van der Waals surface area contributed by atoms with E-state index in [9.17, 15) is 14.0 Å². The van der Waals surface area contributed by atoms with Crippen molar-refractivity contribution in [2.24, 2.45) is 5.41 Å². The SMILES string of the molecule is CN(C)c1cccc(N2CCC3(CCCC(NC(=O)c4cccc(F)c4)C3)C2=O)c1. The lowest BCUT2D eigenvalue weighted by Gasteiger charge is -2.37. The lowest BCUT2D eigenvalue weighted by atomic mass is 9.71. The van der Waals surface area contributed by atoms with Crippen molar-refractivity contribution in [3.05, 3.63) is 59.9 Å². The fraction of sp³-hybridized carbons (Fsp3) is 0.417. The molecule has 0 radical (unpaired) electrons. The van der Waals surface area contributed by atoms with Gasteiger partial charge < -0.3 is 15.1 Å². The van der Waals surface area contributed by atoms with Gasteiger partial charge in [0, 0.05) is 43.6 Å². The number of amides is 2. The number of anilines is 2. The van der Waals surface area contributed by atoms with Gasteiger partial charge in [-0.2, -0.15) is 0 Å². The van der Waals surface area contributed by atoms with Crippen LogP contribution in [-0.4, -0.2) is 38.5 Å². The molecular formula is C24H28FN3O2. The number of hydrogen-bond acceptors (Lipinski definition) is 3. The molecule has 2 aromatic carbocycles. The number of rotatable bonds is 4. The van der Waals surface area contributed by atoms with Crippen molar-refractivity contribution in [3.63, 3.8) is 0 Å². The quantitative estimate of drug-likeness (QED) is 0.831. The Morgan fingerprint density at radius 1 is 1.17 bits per heavy atom. The molecule has 1 saturated carbocycles.